The molecule has 1 atom stereocenters. The SMILES string of the molecule is Cc1ccccc1OCC(O)CN(Cc1ccco1)Cc1ccc(Cl)cc1Cl. The number of ether oxygens (including phenoxy) is 1. The summed E-state index contributed by atoms with van der Waals surface area (Å²) in [6, 6.07) is 16.9. The third-order valence-electron chi connectivity index (χ3n) is 4.36. The minimum Gasteiger partial charge on any atom is -0.491 e. The number of aliphatic hydroxyl groups is 1. The maximum atomic E-state index is 10.5. The van der Waals surface area contributed by atoms with Gasteiger partial charge in [-0.3, -0.25) is 4.90 Å². The zero-order valence-electron chi connectivity index (χ0n) is 15.6. The van der Waals surface area contributed by atoms with E-state index in [-0.39, 0.29) is 6.61 Å². The fourth-order valence-electron chi connectivity index (χ4n) is 2.95. The predicted octanol–water partition coefficient (Wildman–Crippen LogP) is 5.34. The molecule has 0 aliphatic heterocycles. The largest absolute Gasteiger partial charge is 0.491 e. The van der Waals surface area contributed by atoms with E-state index >= 15 is 0 Å². The van der Waals surface area contributed by atoms with Gasteiger partial charge >= 0.3 is 0 Å². The number of para-hydroxylation sites is 1. The third kappa shape index (κ3) is 6.01. The van der Waals surface area contributed by atoms with Crippen molar-refractivity contribution in [3.05, 3.63) is 87.8 Å². The number of aryl methyl sites for hydroxylation is 1. The highest BCUT2D eigenvalue weighted by Crippen LogP contribution is 2.23. The van der Waals surface area contributed by atoms with E-state index in [0.717, 1.165) is 22.6 Å². The van der Waals surface area contributed by atoms with Gasteiger partial charge in [-0.05, 0) is 48.4 Å². The lowest BCUT2D eigenvalue weighted by Gasteiger charge is -2.25. The minimum absolute atomic E-state index is 0.202. The van der Waals surface area contributed by atoms with Gasteiger partial charge in [0, 0.05) is 23.1 Å². The van der Waals surface area contributed by atoms with E-state index in [1.165, 1.54) is 0 Å². The second-order valence-corrected chi connectivity index (χ2v) is 7.56. The average Bonchev–Trinajstić information content (AvgIpc) is 3.16. The van der Waals surface area contributed by atoms with Gasteiger partial charge in [0.25, 0.3) is 0 Å². The van der Waals surface area contributed by atoms with Gasteiger partial charge in [-0.15, -0.1) is 0 Å². The molecule has 1 heterocycles. The lowest BCUT2D eigenvalue weighted by molar-refractivity contribution is 0.0602. The molecule has 0 amide bonds. The van der Waals surface area contributed by atoms with Gasteiger partial charge in [0.15, 0.2) is 0 Å². The second-order valence-electron chi connectivity index (χ2n) is 6.72. The van der Waals surface area contributed by atoms with Crippen LogP contribution in [0.5, 0.6) is 5.75 Å². The topological polar surface area (TPSA) is 45.8 Å². The Morgan fingerprint density at radius 3 is 2.61 bits per heavy atom. The predicted molar refractivity (Wildman–Crippen MR) is 112 cm³/mol. The van der Waals surface area contributed by atoms with Crippen LogP contribution >= 0.6 is 23.2 Å². The lowest BCUT2D eigenvalue weighted by Crippen LogP contribution is -2.35. The molecule has 0 aliphatic carbocycles. The summed E-state index contributed by atoms with van der Waals surface area (Å²) in [5, 5.41) is 11.7. The van der Waals surface area contributed by atoms with Crippen molar-refractivity contribution >= 4 is 23.2 Å². The first-order chi connectivity index (χ1) is 13.5. The first-order valence-electron chi connectivity index (χ1n) is 9.06. The van der Waals surface area contributed by atoms with Gasteiger partial charge in [0.2, 0.25) is 0 Å². The molecule has 0 saturated carbocycles. The molecule has 28 heavy (non-hydrogen) atoms. The van der Waals surface area contributed by atoms with E-state index in [9.17, 15) is 5.11 Å². The van der Waals surface area contributed by atoms with Crippen LogP contribution in [0.1, 0.15) is 16.9 Å². The molecule has 1 N–H and O–H groups in total. The fraction of sp³-hybridized carbons (Fsp3) is 0.273. The Bertz CT molecular complexity index is 883. The molecule has 148 valence electrons. The Kier molecular flexibility index (Phi) is 7.40. The summed E-state index contributed by atoms with van der Waals surface area (Å²) < 4.78 is 11.2. The summed E-state index contributed by atoms with van der Waals surface area (Å²) in [5.41, 5.74) is 1.97. The number of benzene rings is 2. The standard InChI is InChI=1S/C22H23Cl2NO3/c1-16-5-2-3-7-22(16)28-15-19(26)13-25(14-20-6-4-10-27-20)12-17-8-9-18(23)11-21(17)24/h2-11,19,26H,12-15H2,1H3. The number of hydrogen-bond donors (Lipinski definition) is 1. The van der Waals surface area contributed by atoms with Crippen LogP contribution in [0.2, 0.25) is 10.0 Å². The summed E-state index contributed by atoms with van der Waals surface area (Å²) in [5.74, 6) is 1.59. The maximum absolute atomic E-state index is 10.5. The fourth-order valence-corrected chi connectivity index (χ4v) is 3.42. The molecule has 0 aliphatic rings. The molecule has 2 aromatic carbocycles. The number of halogens is 2. The number of rotatable bonds is 9. The van der Waals surface area contributed by atoms with Crippen molar-refractivity contribution in [1.82, 2.24) is 4.90 Å². The Morgan fingerprint density at radius 1 is 1.07 bits per heavy atom. The normalized spacial score (nSPS) is 12.3. The Labute approximate surface area is 175 Å². The quantitative estimate of drug-likeness (QED) is 0.508. The summed E-state index contributed by atoms with van der Waals surface area (Å²) in [7, 11) is 0. The van der Waals surface area contributed by atoms with Gasteiger partial charge in [-0.25, -0.2) is 0 Å². The highest BCUT2D eigenvalue weighted by Gasteiger charge is 2.16. The molecular formula is C22H23Cl2NO3. The van der Waals surface area contributed by atoms with Crippen molar-refractivity contribution < 1.29 is 14.3 Å². The van der Waals surface area contributed by atoms with Crippen molar-refractivity contribution in [2.24, 2.45) is 0 Å². The summed E-state index contributed by atoms with van der Waals surface area (Å²) in [4.78, 5) is 2.07. The molecule has 4 nitrogen and oxygen atoms in total. The zero-order chi connectivity index (χ0) is 19.9. The summed E-state index contributed by atoms with van der Waals surface area (Å²) >= 11 is 12.3. The van der Waals surface area contributed by atoms with Crippen LogP contribution < -0.4 is 4.74 Å². The van der Waals surface area contributed by atoms with Crippen molar-refractivity contribution in [2.45, 2.75) is 26.1 Å². The molecule has 6 heteroatoms. The van der Waals surface area contributed by atoms with Crippen LogP contribution in [0.25, 0.3) is 0 Å². The Hall–Kier alpha value is -1.98. The van der Waals surface area contributed by atoms with Crippen LogP contribution in [0.15, 0.2) is 65.3 Å². The van der Waals surface area contributed by atoms with Crippen LogP contribution in [0, 0.1) is 6.92 Å². The highest BCUT2D eigenvalue weighted by atomic mass is 35.5. The Morgan fingerprint density at radius 2 is 1.89 bits per heavy atom. The van der Waals surface area contributed by atoms with E-state index in [0.29, 0.717) is 29.7 Å². The van der Waals surface area contributed by atoms with Gasteiger partial charge in [-0.1, -0.05) is 47.5 Å². The smallest absolute Gasteiger partial charge is 0.122 e. The lowest BCUT2D eigenvalue weighted by atomic mass is 10.2. The maximum Gasteiger partial charge on any atom is 0.122 e. The molecular weight excluding hydrogens is 397 g/mol. The third-order valence-corrected chi connectivity index (χ3v) is 4.95. The van der Waals surface area contributed by atoms with Crippen molar-refractivity contribution in [3.8, 4) is 5.75 Å². The highest BCUT2D eigenvalue weighted by molar-refractivity contribution is 6.35. The Balaban J connectivity index is 1.65. The van der Waals surface area contributed by atoms with Crippen molar-refractivity contribution in [3.63, 3.8) is 0 Å². The molecule has 3 rings (SSSR count). The molecule has 0 fully saturated rings. The zero-order valence-corrected chi connectivity index (χ0v) is 17.2. The van der Waals surface area contributed by atoms with Gasteiger partial charge < -0.3 is 14.3 Å². The monoisotopic (exact) mass is 419 g/mol. The molecule has 3 aromatic rings. The summed E-state index contributed by atoms with van der Waals surface area (Å²) in [6.45, 7) is 3.69. The number of furan rings is 1. The molecule has 1 unspecified atom stereocenters. The molecule has 0 bridgehead atoms. The van der Waals surface area contributed by atoms with Crippen LogP contribution in [0.3, 0.4) is 0 Å². The number of aliphatic hydroxyl groups excluding tert-OH is 1. The van der Waals surface area contributed by atoms with Crippen molar-refractivity contribution in [1.29, 1.82) is 0 Å². The van der Waals surface area contributed by atoms with E-state index in [1.807, 2.05) is 55.5 Å². The van der Waals surface area contributed by atoms with E-state index in [2.05, 4.69) is 4.90 Å². The van der Waals surface area contributed by atoms with Gasteiger partial charge in [0.05, 0.1) is 12.8 Å². The summed E-state index contributed by atoms with van der Waals surface area (Å²) in [6.07, 6.45) is 0.973. The first kappa shape index (κ1) is 20.7. The van der Waals surface area contributed by atoms with E-state index in [4.69, 9.17) is 32.4 Å². The van der Waals surface area contributed by atoms with E-state index < -0.39 is 6.10 Å². The first-order valence-corrected chi connectivity index (χ1v) is 9.82. The number of nitrogens with zero attached hydrogens (tertiary/aromatic N) is 1. The van der Waals surface area contributed by atoms with E-state index in [1.54, 1.807) is 12.3 Å². The second kappa shape index (κ2) is 9.99. The van der Waals surface area contributed by atoms with Crippen LogP contribution in [-0.2, 0) is 13.1 Å². The number of hydrogen-bond acceptors (Lipinski definition) is 4. The molecule has 1 aromatic heterocycles. The van der Waals surface area contributed by atoms with Gasteiger partial charge in [0.1, 0.15) is 24.2 Å². The van der Waals surface area contributed by atoms with Crippen LogP contribution in [0.4, 0.5) is 0 Å². The molecule has 0 spiro atoms. The molecule has 0 saturated heterocycles. The van der Waals surface area contributed by atoms with Crippen molar-refractivity contribution in [2.75, 3.05) is 13.2 Å². The minimum atomic E-state index is -0.666. The van der Waals surface area contributed by atoms with Crippen LogP contribution in [-0.4, -0.2) is 29.3 Å². The van der Waals surface area contributed by atoms with Gasteiger partial charge in [-0.2, -0.15) is 0 Å². The average molecular weight is 420 g/mol. The molecule has 0 radical (unpaired) electrons.